The topological polar surface area (TPSA) is 55.6 Å². The Morgan fingerprint density at radius 2 is 1.79 bits per heavy atom. The van der Waals surface area contributed by atoms with Gasteiger partial charge in [0.15, 0.2) is 0 Å². The average molecular weight is 460 g/mol. The van der Waals surface area contributed by atoms with Crippen LogP contribution in [-0.4, -0.2) is 23.3 Å². The average Bonchev–Trinajstić information content (AvgIpc) is 3.10. The minimum atomic E-state index is -0.268. The van der Waals surface area contributed by atoms with Crippen LogP contribution >= 0.6 is 11.6 Å². The van der Waals surface area contributed by atoms with Crippen molar-refractivity contribution in [1.82, 2.24) is 9.99 Å². The molecule has 0 bridgehead atoms. The van der Waals surface area contributed by atoms with E-state index in [1.54, 1.807) is 30.5 Å². The largest absolute Gasteiger partial charge is 0.494 e. The highest BCUT2D eigenvalue weighted by Gasteiger charge is 2.13. The van der Waals surface area contributed by atoms with E-state index >= 15 is 0 Å². The molecule has 0 unspecified atom stereocenters. The van der Waals surface area contributed by atoms with Crippen molar-refractivity contribution in [2.45, 2.75) is 26.8 Å². The van der Waals surface area contributed by atoms with Crippen LogP contribution in [0.3, 0.4) is 0 Å². The molecular weight excluding hydrogens is 434 g/mol. The van der Waals surface area contributed by atoms with Gasteiger partial charge in [-0.1, -0.05) is 48.9 Å². The zero-order valence-electron chi connectivity index (χ0n) is 18.7. The van der Waals surface area contributed by atoms with Crippen molar-refractivity contribution in [1.29, 1.82) is 0 Å². The number of nitrogens with zero attached hydrogens (tertiary/aromatic N) is 2. The van der Waals surface area contributed by atoms with E-state index in [-0.39, 0.29) is 5.91 Å². The molecular formula is C27H26ClN3O2. The Balaban J connectivity index is 1.53. The first-order valence-electron chi connectivity index (χ1n) is 11.0. The van der Waals surface area contributed by atoms with Gasteiger partial charge in [-0.2, -0.15) is 5.10 Å². The lowest BCUT2D eigenvalue weighted by molar-refractivity contribution is 0.0955. The molecule has 6 heteroatoms. The molecule has 3 aromatic carbocycles. The third kappa shape index (κ3) is 5.26. The number of aromatic nitrogens is 1. The SMILES string of the molecule is CCCOc1ccc(C(=O)N/N=C\c2c(C)n(Cc3ccc(Cl)cc3)c3ccccc23)cc1. The number of hydrogen-bond donors (Lipinski definition) is 1. The zero-order valence-corrected chi connectivity index (χ0v) is 19.5. The Morgan fingerprint density at radius 1 is 1.06 bits per heavy atom. The van der Waals surface area contributed by atoms with E-state index in [0.29, 0.717) is 12.2 Å². The number of benzene rings is 3. The Labute approximate surface area is 198 Å². The molecule has 1 aromatic heterocycles. The summed E-state index contributed by atoms with van der Waals surface area (Å²) < 4.78 is 7.81. The van der Waals surface area contributed by atoms with E-state index in [0.717, 1.165) is 51.5 Å². The highest BCUT2D eigenvalue weighted by molar-refractivity contribution is 6.30. The number of para-hydroxylation sites is 1. The predicted molar refractivity (Wildman–Crippen MR) is 135 cm³/mol. The zero-order chi connectivity index (χ0) is 23.2. The van der Waals surface area contributed by atoms with Gasteiger partial charge in [0, 0.05) is 39.3 Å². The smallest absolute Gasteiger partial charge is 0.271 e. The second-order valence-electron chi connectivity index (χ2n) is 7.80. The predicted octanol–water partition coefficient (Wildman–Crippen LogP) is 6.20. The monoisotopic (exact) mass is 459 g/mol. The summed E-state index contributed by atoms with van der Waals surface area (Å²) in [7, 11) is 0. The summed E-state index contributed by atoms with van der Waals surface area (Å²) in [6.45, 7) is 5.49. The van der Waals surface area contributed by atoms with Crippen molar-refractivity contribution in [2.75, 3.05) is 6.61 Å². The number of amides is 1. The molecule has 0 radical (unpaired) electrons. The Kier molecular flexibility index (Phi) is 7.10. The molecule has 5 nitrogen and oxygen atoms in total. The van der Waals surface area contributed by atoms with Gasteiger partial charge < -0.3 is 9.30 Å². The van der Waals surface area contributed by atoms with Gasteiger partial charge in [-0.15, -0.1) is 0 Å². The van der Waals surface area contributed by atoms with Crippen molar-refractivity contribution < 1.29 is 9.53 Å². The van der Waals surface area contributed by atoms with Gasteiger partial charge in [0.2, 0.25) is 0 Å². The second-order valence-corrected chi connectivity index (χ2v) is 8.24. The van der Waals surface area contributed by atoms with Crippen LogP contribution in [0, 0.1) is 6.92 Å². The molecule has 0 aliphatic carbocycles. The fourth-order valence-electron chi connectivity index (χ4n) is 3.74. The molecule has 1 N–H and O–H groups in total. The van der Waals surface area contributed by atoms with Crippen LogP contribution in [0.25, 0.3) is 10.9 Å². The summed E-state index contributed by atoms with van der Waals surface area (Å²) in [6.07, 6.45) is 2.65. The van der Waals surface area contributed by atoms with E-state index in [9.17, 15) is 4.79 Å². The lowest BCUT2D eigenvalue weighted by Gasteiger charge is -2.09. The summed E-state index contributed by atoms with van der Waals surface area (Å²) in [4.78, 5) is 12.5. The molecule has 0 saturated carbocycles. The summed E-state index contributed by atoms with van der Waals surface area (Å²) in [5.41, 5.74) is 7.48. The molecule has 33 heavy (non-hydrogen) atoms. The van der Waals surface area contributed by atoms with Gasteiger partial charge in [-0.3, -0.25) is 4.79 Å². The first-order chi connectivity index (χ1) is 16.1. The Morgan fingerprint density at radius 3 is 2.52 bits per heavy atom. The van der Waals surface area contributed by atoms with Crippen molar-refractivity contribution in [2.24, 2.45) is 5.10 Å². The number of hydrazone groups is 1. The van der Waals surface area contributed by atoms with E-state index in [1.165, 1.54) is 0 Å². The molecule has 0 saturated heterocycles. The fraction of sp³-hybridized carbons (Fsp3) is 0.185. The maximum absolute atomic E-state index is 12.5. The lowest BCUT2D eigenvalue weighted by Crippen LogP contribution is -2.17. The number of halogens is 1. The maximum Gasteiger partial charge on any atom is 0.271 e. The first-order valence-corrected chi connectivity index (χ1v) is 11.3. The van der Waals surface area contributed by atoms with Crippen molar-refractivity contribution in [3.8, 4) is 5.75 Å². The quantitative estimate of drug-likeness (QED) is 0.252. The number of carbonyl (C=O) groups excluding carboxylic acids is 1. The van der Waals surface area contributed by atoms with Gasteiger partial charge in [0.1, 0.15) is 5.75 Å². The minimum Gasteiger partial charge on any atom is -0.494 e. The minimum absolute atomic E-state index is 0.268. The maximum atomic E-state index is 12.5. The third-order valence-corrected chi connectivity index (χ3v) is 5.73. The van der Waals surface area contributed by atoms with Gasteiger partial charge in [0.05, 0.1) is 12.8 Å². The number of hydrogen-bond acceptors (Lipinski definition) is 3. The van der Waals surface area contributed by atoms with Gasteiger partial charge in [-0.05, 0) is 61.4 Å². The molecule has 1 amide bonds. The molecule has 0 atom stereocenters. The van der Waals surface area contributed by atoms with Crippen LogP contribution in [0.5, 0.6) is 5.75 Å². The number of ether oxygens (including phenoxy) is 1. The number of nitrogens with one attached hydrogen (secondary N) is 1. The second kappa shape index (κ2) is 10.4. The van der Waals surface area contributed by atoms with Crippen molar-refractivity contribution in [3.05, 3.63) is 100 Å². The van der Waals surface area contributed by atoms with Crippen LogP contribution < -0.4 is 10.2 Å². The van der Waals surface area contributed by atoms with Gasteiger partial charge in [0.25, 0.3) is 5.91 Å². The normalized spacial score (nSPS) is 11.2. The lowest BCUT2D eigenvalue weighted by atomic mass is 10.1. The van der Waals surface area contributed by atoms with E-state index in [2.05, 4.69) is 41.1 Å². The van der Waals surface area contributed by atoms with Gasteiger partial charge in [-0.25, -0.2) is 5.43 Å². The Hall–Kier alpha value is -3.57. The summed E-state index contributed by atoms with van der Waals surface area (Å²) >= 11 is 6.04. The van der Waals surface area contributed by atoms with Crippen molar-refractivity contribution >= 4 is 34.6 Å². The van der Waals surface area contributed by atoms with E-state index in [1.807, 2.05) is 36.4 Å². The first kappa shape index (κ1) is 22.6. The number of rotatable bonds is 8. The highest BCUT2D eigenvalue weighted by atomic mass is 35.5. The molecule has 4 aromatic rings. The molecule has 0 aliphatic rings. The van der Waals surface area contributed by atoms with Gasteiger partial charge >= 0.3 is 0 Å². The van der Waals surface area contributed by atoms with E-state index in [4.69, 9.17) is 16.3 Å². The molecule has 0 fully saturated rings. The van der Waals surface area contributed by atoms with E-state index < -0.39 is 0 Å². The van der Waals surface area contributed by atoms with Crippen LogP contribution in [0.15, 0.2) is 77.9 Å². The molecule has 0 spiro atoms. The summed E-state index contributed by atoms with van der Waals surface area (Å²) in [5, 5.41) is 6.05. The van der Waals surface area contributed by atoms with Crippen LogP contribution in [0.1, 0.15) is 40.5 Å². The molecule has 4 rings (SSSR count). The number of carbonyl (C=O) groups is 1. The summed E-state index contributed by atoms with van der Waals surface area (Å²) in [5.74, 6) is 0.483. The molecule has 0 aliphatic heterocycles. The van der Waals surface area contributed by atoms with Crippen LogP contribution in [0.4, 0.5) is 0 Å². The third-order valence-electron chi connectivity index (χ3n) is 5.48. The highest BCUT2D eigenvalue weighted by Crippen LogP contribution is 2.26. The van der Waals surface area contributed by atoms with Crippen LogP contribution in [0.2, 0.25) is 5.02 Å². The standard InChI is InChI=1S/C27H26ClN3O2/c1-3-16-33-23-14-10-21(11-15-23)27(32)30-29-17-25-19(2)31(26-7-5-4-6-24(25)26)18-20-8-12-22(28)13-9-20/h4-15,17H,3,16,18H2,1-2H3,(H,30,32)/b29-17-. The number of fused-ring (bicyclic) bond motifs is 1. The molecule has 168 valence electrons. The van der Waals surface area contributed by atoms with Crippen LogP contribution in [-0.2, 0) is 6.54 Å². The molecule has 1 heterocycles. The summed E-state index contributed by atoms with van der Waals surface area (Å²) in [6, 6.07) is 23.1. The fourth-order valence-corrected chi connectivity index (χ4v) is 3.87. The van der Waals surface area contributed by atoms with Crippen molar-refractivity contribution in [3.63, 3.8) is 0 Å². The Bertz CT molecular complexity index is 1280.